The standard InChI is InChI=1S/C14H15ClN2/c1-8-4-10-7-17-11-3-2-9(5-11)14(17)16-13(10)6-12(8)15/h4,6,9,11H,2-3,5,7H2,1H3. The van der Waals surface area contributed by atoms with Crippen molar-refractivity contribution in [3.05, 3.63) is 28.3 Å². The molecule has 0 N–H and O–H groups in total. The summed E-state index contributed by atoms with van der Waals surface area (Å²) in [7, 11) is 0. The van der Waals surface area contributed by atoms with Crippen LogP contribution in [-0.2, 0) is 6.54 Å². The molecule has 88 valence electrons. The highest BCUT2D eigenvalue weighted by Crippen LogP contribution is 2.44. The number of hydrogen-bond donors (Lipinski definition) is 0. The minimum absolute atomic E-state index is 0.716. The van der Waals surface area contributed by atoms with Gasteiger partial charge in [-0.1, -0.05) is 17.7 Å². The van der Waals surface area contributed by atoms with Gasteiger partial charge in [0.2, 0.25) is 0 Å². The van der Waals surface area contributed by atoms with Crippen LogP contribution in [0.4, 0.5) is 5.69 Å². The molecule has 4 rings (SSSR count). The molecular formula is C14H15ClN2. The number of benzene rings is 1. The molecular weight excluding hydrogens is 232 g/mol. The second-order valence-electron chi connectivity index (χ2n) is 5.49. The molecule has 0 amide bonds. The molecule has 1 saturated carbocycles. The largest absolute Gasteiger partial charge is 0.352 e. The molecule has 2 aliphatic heterocycles. The van der Waals surface area contributed by atoms with Crippen molar-refractivity contribution >= 4 is 23.1 Å². The molecule has 2 atom stereocenters. The van der Waals surface area contributed by atoms with Gasteiger partial charge in [-0.05, 0) is 43.4 Å². The van der Waals surface area contributed by atoms with Crippen LogP contribution in [0.1, 0.15) is 30.4 Å². The van der Waals surface area contributed by atoms with Crippen molar-refractivity contribution in [3.8, 4) is 0 Å². The number of aryl methyl sites for hydroxylation is 1. The first-order chi connectivity index (χ1) is 8.22. The van der Waals surface area contributed by atoms with Crippen LogP contribution >= 0.6 is 11.6 Å². The summed E-state index contributed by atoms with van der Waals surface area (Å²) in [4.78, 5) is 7.37. The molecule has 2 nitrogen and oxygen atoms in total. The quantitative estimate of drug-likeness (QED) is 0.682. The number of halogens is 1. The summed E-state index contributed by atoms with van der Waals surface area (Å²) in [6.45, 7) is 3.10. The van der Waals surface area contributed by atoms with Gasteiger partial charge < -0.3 is 4.90 Å². The average Bonchev–Trinajstić information content (AvgIpc) is 2.89. The van der Waals surface area contributed by atoms with Gasteiger partial charge in [0.05, 0.1) is 5.69 Å². The fourth-order valence-corrected chi connectivity index (χ4v) is 3.69. The molecule has 3 heteroatoms. The van der Waals surface area contributed by atoms with Crippen molar-refractivity contribution < 1.29 is 0 Å². The zero-order valence-electron chi connectivity index (χ0n) is 9.91. The average molecular weight is 247 g/mol. The molecule has 2 fully saturated rings. The molecule has 17 heavy (non-hydrogen) atoms. The molecule has 3 aliphatic rings. The summed E-state index contributed by atoms with van der Waals surface area (Å²) in [5.74, 6) is 2.04. The van der Waals surface area contributed by atoms with Crippen molar-refractivity contribution in [2.24, 2.45) is 10.9 Å². The zero-order valence-corrected chi connectivity index (χ0v) is 10.7. The van der Waals surface area contributed by atoms with E-state index in [-0.39, 0.29) is 0 Å². The monoisotopic (exact) mass is 246 g/mol. The summed E-state index contributed by atoms with van der Waals surface area (Å²) >= 11 is 6.18. The Hall–Kier alpha value is -1.02. The van der Waals surface area contributed by atoms with Gasteiger partial charge in [0.1, 0.15) is 5.84 Å². The highest BCUT2D eigenvalue weighted by atomic mass is 35.5. The zero-order chi connectivity index (χ0) is 11.6. The molecule has 0 spiro atoms. The fourth-order valence-electron chi connectivity index (χ4n) is 3.53. The van der Waals surface area contributed by atoms with Gasteiger partial charge in [0.25, 0.3) is 0 Å². The van der Waals surface area contributed by atoms with Gasteiger partial charge >= 0.3 is 0 Å². The molecule has 2 heterocycles. The molecule has 2 bridgehead atoms. The van der Waals surface area contributed by atoms with E-state index in [1.54, 1.807) is 0 Å². The maximum absolute atomic E-state index is 6.18. The number of aliphatic imine (C=N–C) groups is 1. The smallest absolute Gasteiger partial charge is 0.109 e. The maximum Gasteiger partial charge on any atom is 0.109 e. The Bertz CT molecular complexity index is 535. The lowest BCUT2D eigenvalue weighted by molar-refractivity contribution is 0.317. The van der Waals surface area contributed by atoms with E-state index in [0.29, 0.717) is 5.92 Å². The second kappa shape index (κ2) is 3.26. The fraction of sp³-hybridized carbons (Fsp3) is 0.500. The predicted octanol–water partition coefficient (Wildman–Crippen LogP) is 3.68. The van der Waals surface area contributed by atoms with Crippen molar-refractivity contribution in [2.45, 2.75) is 38.8 Å². The van der Waals surface area contributed by atoms with Crippen molar-refractivity contribution in [2.75, 3.05) is 0 Å². The van der Waals surface area contributed by atoms with Crippen LogP contribution in [0, 0.1) is 12.8 Å². The number of fused-ring (bicyclic) bond motifs is 6. The van der Waals surface area contributed by atoms with Crippen molar-refractivity contribution in [3.63, 3.8) is 0 Å². The van der Waals surface area contributed by atoms with E-state index in [1.165, 1.54) is 30.7 Å². The second-order valence-corrected chi connectivity index (χ2v) is 5.90. The van der Waals surface area contributed by atoms with Crippen LogP contribution in [0.15, 0.2) is 17.1 Å². The Balaban J connectivity index is 1.85. The third-order valence-corrected chi connectivity index (χ3v) is 4.85. The molecule has 1 aromatic carbocycles. The summed E-state index contributed by atoms with van der Waals surface area (Å²) in [5, 5.41) is 0.838. The highest BCUT2D eigenvalue weighted by molar-refractivity contribution is 6.31. The van der Waals surface area contributed by atoms with Gasteiger partial charge in [0.15, 0.2) is 0 Å². The summed E-state index contributed by atoms with van der Waals surface area (Å²) in [5.41, 5.74) is 3.59. The topological polar surface area (TPSA) is 15.6 Å². The third-order valence-electron chi connectivity index (χ3n) is 4.44. The van der Waals surface area contributed by atoms with E-state index in [2.05, 4.69) is 17.9 Å². The first-order valence-corrected chi connectivity index (χ1v) is 6.74. The van der Waals surface area contributed by atoms with Crippen LogP contribution in [-0.4, -0.2) is 16.8 Å². The first kappa shape index (κ1) is 9.95. The number of piperidine rings is 1. The Morgan fingerprint density at radius 1 is 1.35 bits per heavy atom. The molecule has 1 saturated heterocycles. The first-order valence-electron chi connectivity index (χ1n) is 6.36. The Morgan fingerprint density at radius 2 is 2.24 bits per heavy atom. The summed E-state index contributed by atoms with van der Waals surface area (Å²) < 4.78 is 0. The molecule has 1 aliphatic carbocycles. The molecule has 0 radical (unpaired) electrons. The van der Waals surface area contributed by atoms with E-state index in [1.807, 2.05) is 6.07 Å². The van der Waals surface area contributed by atoms with Gasteiger partial charge in [0, 0.05) is 23.5 Å². The number of hydrogen-bond acceptors (Lipinski definition) is 2. The lowest BCUT2D eigenvalue weighted by Gasteiger charge is -2.34. The number of nitrogens with zero attached hydrogens (tertiary/aromatic N) is 2. The molecule has 1 aromatic rings. The lowest BCUT2D eigenvalue weighted by Crippen LogP contribution is -2.38. The molecule has 2 unspecified atom stereocenters. The van der Waals surface area contributed by atoms with E-state index in [9.17, 15) is 0 Å². The summed E-state index contributed by atoms with van der Waals surface area (Å²) in [6.07, 6.45) is 4.00. The van der Waals surface area contributed by atoms with Crippen molar-refractivity contribution in [1.29, 1.82) is 0 Å². The van der Waals surface area contributed by atoms with Gasteiger partial charge in [-0.2, -0.15) is 0 Å². The third kappa shape index (κ3) is 1.30. The van der Waals surface area contributed by atoms with Gasteiger partial charge in [-0.15, -0.1) is 0 Å². The lowest BCUT2D eigenvalue weighted by atomic mass is 10.0. The van der Waals surface area contributed by atoms with Crippen LogP contribution in [0.2, 0.25) is 5.02 Å². The van der Waals surface area contributed by atoms with E-state index >= 15 is 0 Å². The van der Waals surface area contributed by atoms with Crippen LogP contribution < -0.4 is 0 Å². The van der Waals surface area contributed by atoms with Gasteiger partial charge in [-0.25, -0.2) is 4.99 Å². The number of amidine groups is 1. The Morgan fingerprint density at radius 3 is 3.12 bits per heavy atom. The normalized spacial score (nSPS) is 29.1. The van der Waals surface area contributed by atoms with E-state index < -0.39 is 0 Å². The van der Waals surface area contributed by atoms with Crippen LogP contribution in [0.3, 0.4) is 0 Å². The van der Waals surface area contributed by atoms with E-state index in [4.69, 9.17) is 16.6 Å². The maximum atomic E-state index is 6.18. The minimum Gasteiger partial charge on any atom is -0.352 e. The summed E-state index contributed by atoms with van der Waals surface area (Å²) in [6, 6.07) is 4.98. The molecule has 0 aromatic heterocycles. The van der Waals surface area contributed by atoms with Gasteiger partial charge in [-0.3, -0.25) is 0 Å². The predicted molar refractivity (Wildman–Crippen MR) is 70.0 cm³/mol. The van der Waals surface area contributed by atoms with E-state index in [0.717, 1.165) is 28.9 Å². The SMILES string of the molecule is Cc1cc2c(cc1Cl)N=C1C3CCC(C3)N1C2. The van der Waals surface area contributed by atoms with Crippen LogP contribution in [0.5, 0.6) is 0 Å². The minimum atomic E-state index is 0.716. The van der Waals surface area contributed by atoms with Crippen LogP contribution in [0.25, 0.3) is 0 Å². The Kier molecular flexibility index (Phi) is 1.91. The van der Waals surface area contributed by atoms with Crippen molar-refractivity contribution in [1.82, 2.24) is 4.90 Å². The number of rotatable bonds is 0. The Labute approximate surface area is 106 Å². The highest BCUT2D eigenvalue weighted by Gasteiger charge is 2.44.